The molecule has 0 atom stereocenters. The molecule has 0 spiro atoms. The maximum atomic E-state index is 6.07. The average Bonchev–Trinajstić information content (AvgIpc) is 3.21. The van der Waals surface area contributed by atoms with E-state index < -0.39 is 0 Å². The van der Waals surface area contributed by atoms with Crippen molar-refractivity contribution in [1.29, 1.82) is 0 Å². The highest BCUT2D eigenvalue weighted by Gasteiger charge is 2.38. The van der Waals surface area contributed by atoms with Gasteiger partial charge in [-0.15, -0.1) is 10.2 Å². The summed E-state index contributed by atoms with van der Waals surface area (Å²) in [6.07, 6.45) is 9.97. The van der Waals surface area contributed by atoms with E-state index in [1.54, 1.807) is 11.3 Å². The van der Waals surface area contributed by atoms with Gasteiger partial charge in [-0.3, -0.25) is 0 Å². The number of rotatable bonds is 3. The third-order valence-corrected chi connectivity index (χ3v) is 6.29. The molecule has 2 N–H and O–H groups in total. The minimum Gasteiger partial charge on any atom is -0.329 e. The molecule has 0 unspecified atom stereocenters. The van der Waals surface area contributed by atoms with Crippen molar-refractivity contribution >= 4 is 16.3 Å². The molecule has 0 bridgehead atoms. The molecule has 4 rings (SSSR count). The molecular weight excluding hydrogens is 270 g/mol. The van der Waals surface area contributed by atoms with Crippen molar-refractivity contribution in [2.75, 3.05) is 6.54 Å². The summed E-state index contributed by atoms with van der Waals surface area (Å²) < 4.78 is 2.01. The number of hydrogen-bond donors (Lipinski definition) is 1. The summed E-state index contributed by atoms with van der Waals surface area (Å²) in [5.74, 6) is 1.63. The predicted octanol–water partition coefficient (Wildman–Crippen LogP) is 2.61. The van der Waals surface area contributed by atoms with E-state index in [1.165, 1.54) is 56.4 Å². The molecule has 2 aliphatic rings. The predicted molar refractivity (Wildman–Crippen MR) is 79.1 cm³/mol. The maximum absolute atomic E-state index is 6.07. The van der Waals surface area contributed by atoms with Crippen molar-refractivity contribution < 1.29 is 0 Å². The van der Waals surface area contributed by atoms with E-state index in [9.17, 15) is 0 Å². The Kier molecular flexibility index (Phi) is 3.03. The van der Waals surface area contributed by atoms with Crippen LogP contribution >= 0.6 is 11.3 Å². The van der Waals surface area contributed by atoms with Crippen molar-refractivity contribution in [2.24, 2.45) is 5.73 Å². The van der Waals surface area contributed by atoms with Crippen molar-refractivity contribution in [3.8, 4) is 0 Å². The molecule has 0 aromatic carbocycles. The van der Waals surface area contributed by atoms with Crippen LogP contribution in [-0.4, -0.2) is 26.4 Å². The van der Waals surface area contributed by atoms with Crippen molar-refractivity contribution in [2.45, 2.75) is 62.7 Å². The van der Waals surface area contributed by atoms with E-state index in [1.807, 2.05) is 4.52 Å². The summed E-state index contributed by atoms with van der Waals surface area (Å²) in [6, 6.07) is 0. The number of fused-ring (bicyclic) bond motifs is 1. The fourth-order valence-corrected chi connectivity index (χ4v) is 4.94. The Labute approximate surface area is 122 Å². The Morgan fingerprint density at radius 2 is 1.90 bits per heavy atom. The van der Waals surface area contributed by atoms with Gasteiger partial charge < -0.3 is 5.73 Å². The normalized spacial score (nSPS) is 23.1. The summed E-state index contributed by atoms with van der Waals surface area (Å²) in [5, 5.41) is 14.8. The molecule has 0 aliphatic heterocycles. The summed E-state index contributed by atoms with van der Waals surface area (Å²) in [6.45, 7) is 0.704. The maximum Gasteiger partial charge on any atom is 0.234 e. The van der Waals surface area contributed by atoms with Gasteiger partial charge in [0.15, 0.2) is 5.82 Å². The largest absolute Gasteiger partial charge is 0.329 e. The molecule has 108 valence electrons. The first-order chi connectivity index (χ1) is 9.82. The van der Waals surface area contributed by atoms with Crippen LogP contribution < -0.4 is 5.73 Å². The van der Waals surface area contributed by atoms with Crippen LogP contribution in [0.3, 0.4) is 0 Å². The first-order valence-electron chi connectivity index (χ1n) is 7.75. The molecule has 2 aromatic heterocycles. The number of nitrogens with two attached hydrogens (primary N) is 1. The Morgan fingerprint density at radius 3 is 2.60 bits per heavy atom. The van der Waals surface area contributed by atoms with Crippen LogP contribution in [0.1, 0.15) is 68.1 Å². The second-order valence-electron chi connectivity index (χ2n) is 6.33. The topological polar surface area (TPSA) is 69.1 Å². The summed E-state index contributed by atoms with van der Waals surface area (Å²) in [7, 11) is 0. The molecule has 2 aromatic rings. The van der Waals surface area contributed by atoms with E-state index in [0.29, 0.717) is 12.5 Å². The van der Waals surface area contributed by atoms with Crippen LogP contribution in [-0.2, 0) is 5.41 Å². The molecule has 2 aliphatic carbocycles. The average molecular weight is 291 g/mol. The lowest BCUT2D eigenvalue weighted by Gasteiger charge is -2.23. The Hall–Kier alpha value is -1.01. The van der Waals surface area contributed by atoms with Gasteiger partial charge in [0, 0.05) is 17.9 Å². The van der Waals surface area contributed by atoms with E-state index in [-0.39, 0.29) is 5.41 Å². The second kappa shape index (κ2) is 4.77. The third-order valence-electron chi connectivity index (χ3n) is 5.14. The van der Waals surface area contributed by atoms with Gasteiger partial charge >= 0.3 is 0 Å². The summed E-state index contributed by atoms with van der Waals surface area (Å²) >= 11 is 1.70. The lowest BCUT2D eigenvalue weighted by atomic mass is 9.87. The zero-order valence-corrected chi connectivity index (χ0v) is 12.5. The molecule has 0 saturated heterocycles. The van der Waals surface area contributed by atoms with Crippen LogP contribution in [0.2, 0.25) is 0 Å². The molecule has 2 saturated carbocycles. The monoisotopic (exact) mass is 291 g/mol. The van der Waals surface area contributed by atoms with Gasteiger partial charge in [0.05, 0.1) is 0 Å². The Balaban J connectivity index is 1.75. The fourth-order valence-electron chi connectivity index (χ4n) is 3.84. The number of aromatic nitrogens is 4. The van der Waals surface area contributed by atoms with Gasteiger partial charge in [0.2, 0.25) is 4.96 Å². The lowest BCUT2D eigenvalue weighted by molar-refractivity contribution is 0.443. The standard InChI is InChI=1S/C14H21N5S/c15-9-14(7-3-4-8-14)12-18-19-11(10-5-1-2-6-10)16-17-13(19)20-12/h10H,1-9,15H2. The SMILES string of the molecule is NCC1(c2nn3c(C4CCCC4)nnc3s2)CCCC1. The van der Waals surface area contributed by atoms with Gasteiger partial charge in [-0.2, -0.15) is 9.61 Å². The Morgan fingerprint density at radius 1 is 1.15 bits per heavy atom. The minimum atomic E-state index is 0.109. The smallest absolute Gasteiger partial charge is 0.234 e. The van der Waals surface area contributed by atoms with Crippen LogP contribution in [0.4, 0.5) is 0 Å². The zero-order valence-electron chi connectivity index (χ0n) is 11.7. The highest BCUT2D eigenvalue weighted by atomic mass is 32.1. The highest BCUT2D eigenvalue weighted by molar-refractivity contribution is 7.16. The highest BCUT2D eigenvalue weighted by Crippen LogP contribution is 2.42. The van der Waals surface area contributed by atoms with Gasteiger partial charge in [0.1, 0.15) is 5.01 Å². The molecule has 2 fully saturated rings. The van der Waals surface area contributed by atoms with Crippen molar-refractivity contribution in [1.82, 2.24) is 19.8 Å². The van der Waals surface area contributed by atoms with E-state index in [4.69, 9.17) is 10.8 Å². The van der Waals surface area contributed by atoms with Crippen LogP contribution in [0.25, 0.3) is 4.96 Å². The number of hydrogen-bond acceptors (Lipinski definition) is 5. The van der Waals surface area contributed by atoms with Gasteiger partial charge in [-0.25, -0.2) is 0 Å². The first kappa shape index (κ1) is 12.7. The molecule has 2 heterocycles. The van der Waals surface area contributed by atoms with Gasteiger partial charge in [-0.1, -0.05) is 37.0 Å². The molecule has 5 nitrogen and oxygen atoms in total. The van der Waals surface area contributed by atoms with Crippen molar-refractivity contribution in [3.05, 3.63) is 10.8 Å². The van der Waals surface area contributed by atoms with Gasteiger partial charge in [0.25, 0.3) is 0 Å². The summed E-state index contributed by atoms with van der Waals surface area (Å²) in [5.41, 5.74) is 6.18. The van der Waals surface area contributed by atoms with Crippen molar-refractivity contribution in [3.63, 3.8) is 0 Å². The van der Waals surface area contributed by atoms with E-state index >= 15 is 0 Å². The quantitative estimate of drug-likeness (QED) is 0.943. The lowest BCUT2D eigenvalue weighted by Crippen LogP contribution is -2.32. The van der Waals surface area contributed by atoms with E-state index in [2.05, 4.69) is 10.2 Å². The molecule has 20 heavy (non-hydrogen) atoms. The van der Waals surface area contributed by atoms with Crippen LogP contribution in [0.5, 0.6) is 0 Å². The molecule has 6 heteroatoms. The third kappa shape index (κ3) is 1.81. The second-order valence-corrected chi connectivity index (χ2v) is 7.29. The first-order valence-corrected chi connectivity index (χ1v) is 8.57. The molecule has 0 radical (unpaired) electrons. The molecule has 0 amide bonds. The van der Waals surface area contributed by atoms with E-state index in [0.717, 1.165) is 10.8 Å². The summed E-state index contributed by atoms with van der Waals surface area (Å²) in [4.78, 5) is 0.946. The minimum absolute atomic E-state index is 0.109. The number of nitrogens with zero attached hydrogens (tertiary/aromatic N) is 4. The Bertz CT molecular complexity index is 604. The van der Waals surface area contributed by atoms with Gasteiger partial charge in [-0.05, 0) is 25.7 Å². The fraction of sp³-hybridized carbons (Fsp3) is 0.786. The zero-order chi connectivity index (χ0) is 13.6. The van der Waals surface area contributed by atoms with Crippen LogP contribution in [0, 0.1) is 0 Å². The molecular formula is C14H21N5S. The van der Waals surface area contributed by atoms with Crippen LogP contribution in [0.15, 0.2) is 0 Å².